The van der Waals surface area contributed by atoms with Gasteiger partial charge in [-0.05, 0) is 87.1 Å². The Morgan fingerprint density at radius 1 is 0.333 bits per heavy atom. The van der Waals surface area contributed by atoms with E-state index < -0.39 is 0 Å². The van der Waals surface area contributed by atoms with Crippen molar-refractivity contribution in [3.63, 3.8) is 0 Å². The van der Waals surface area contributed by atoms with Gasteiger partial charge in [0.1, 0.15) is 0 Å². The molecule has 0 aliphatic carbocycles. The Hall–Kier alpha value is -5.96. The molecule has 0 radical (unpaired) electrons. The number of hydrogen-bond donors (Lipinski definition) is 0. The molecule has 48 heavy (non-hydrogen) atoms. The summed E-state index contributed by atoms with van der Waals surface area (Å²) in [4.78, 5) is 2.44. The Balaban J connectivity index is 1.28. The maximum absolute atomic E-state index is 2.44. The van der Waals surface area contributed by atoms with Gasteiger partial charge in [0, 0.05) is 37.1 Å². The first-order valence-corrected chi connectivity index (χ1v) is 17.2. The zero-order chi connectivity index (χ0) is 31.9. The van der Waals surface area contributed by atoms with Crippen LogP contribution in [0.4, 0.5) is 17.1 Å². The number of benzene rings is 8. The molecule has 0 saturated heterocycles. The van der Waals surface area contributed by atoms with Crippen molar-refractivity contribution >= 4 is 59.3 Å². The molecule has 0 bridgehead atoms. The van der Waals surface area contributed by atoms with Gasteiger partial charge in [-0.2, -0.15) is 0 Å². The molecule has 226 valence electrons. The average molecular weight is 630 g/mol. The van der Waals surface area contributed by atoms with Gasteiger partial charge in [0.05, 0.1) is 5.69 Å². The van der Waals surface area contributed by atoms with E-state index in [0.29, 0.717) is 0 Å². The van der Waals surface area contributed by atoms with Crippen molar-refractivity contribution in [3.05, 3.63) is 188 Å². The van der Waals surface area contributed by atoms with Crippen molar-refractivity contribution in [1.82, 2.24) is 0 Å². The Morgan fingerprint density at radius 3 is 1.73 bits per heavy atom. The predicted molar refractivity (Wildman–Crippen MR) is 208 cm³/mol. The molecular weight excluding hydrogens is 599 g/mol. The largest absolute Gasteiger partial charge is 0.310 e. The van der Waals surface area contributed by atoms with Crippen LogP contribution in [0.25, 0.3) is 64.3 Å². The monoisotopic (exact) mass is 629 g/mol. The van der Waals surface area contributed by atoms with Crippen LogP contribution < -0.4 is 4.90 Å². The molecule has 8 aromatic carbocycles. The Morgan fingerprint density at radius 2 is 0.917 bits per heavy atom. The van der Waals surface area contributed by atoms with Crippen molar-refractivity contribution in [2.75, 3.05) is 4.90 Å². The first-order valence-electron chi connectivity index (χ1n) is 16.3. The van der Waals surface area contributed by atoms with Gasteiger partial charge in [-0.25, -0.2) is 0 Å². The third kappa shape index (κ3) is 5.13. The lowest BCUT2D eigenvalue weighted by molar-refractivity contribution is 1.29. The number of thiophene rings is 1. The fourth-order valence-corrected chi connectivity index (χ4v) is 7.93. The van der Waals surface area contributed by atoms with Crippen molar-refractivity contribution < 1.29 is 0 Å². The van der Waals surface area contributed by atoms with Crippen LogP contribution in [0.1, 0.15) is 0 Å². The van der Waals surface area contributed by atoms with Crippen molar-refractivity contribution in [1.29, 1.82) is 0 Å². The fraction of sp³-hybridized carbons (Fsp3) is 0. The first-order chi connectivity index (χ1) is 23.8. The van der Waals surface area contributed by atoms with E-state index in [4.69, 9.17) is 0 Å². The second kappa shape index (κ2) is 12.0. The van der Waals surface area contributed by atoms with E-state index in [1.807, 2.05) is 11.3 Å². The fourth-order valence-electron chi connectivity index (χ4n) is 6.84. The van der Waals surface area contributed by atoms with Crippen LogP contribution in [-0.4, -0.2) is 0 Å². The lowest BCUT2D eigenvalue weighted by Crippen LogP contribution is -2.11. The maximum Gasteiger partial charge on any atom is 0.0546 e. The normalized spacial score (nSPS) is 11.3. The molecule has 0 N–H and O–H groups in total. The molecule has 0 saturated carbocycles. The highest BCUT2D eigenvalue weighted by molar-refractivity contribution is 7.25. The van der Waals surface area contributed by atoms with Crippen LogP contribution in [0.2, 0.25) is 0 Å². The lowest BCUT2D eigenvalue weighted by Gasteiger charge is -2.29. The van der Waals surface area contributed by atoms with Crippen LogP contribution in [0.15, 0.2) is 188 Å². The number of fused-ring (bicyclic) bond motifs is 4. The summed E-state index contributed by atoms with van der Waals surface area (Å²) in [6.07, 6.45) is 0. The minimum Gasteiger partial charge on any atom is -0.310 e. The van der Waals surface area contributed by atoms with Gasteiger partial charge in [-0.3, -0.25) is 0 Å². The number of hydrogen-bond acceptors (Lipinski definition) is 2. The maximum atomic E-state index is 2.44. The lowest BCUT2D eigenvalue weighted by atomic mass is 9.95. The Bertz CT molecular complexity index is 2550. The second-order valence-electron chi connectivity index (χ2n) is 12.2. The summed E-state index contributed by atoms with van der Waals surface area (Å²) in [5.41, 5.74) is 10.5. The molecule has 1 aromatic heterocycles. The molecule has 0 aliphatic rings. The molecule has 1 heterocycles. The van der Waals surface area contributed by atoms with E-state index in [9.17, 15) is 0 Å². The highest BCUT2D eigenvalue weighted by Crippen LogP contribution is 2.45. The summed E-state index contributed by atoms with van der Waals surface area (Å²) >= 11 is 1.86. The summed E-state index contributed by atoms with van der Waals surface area (Å²) in [6, 6.07) is 68.3. The summed E-state index contributed by atoms with van der Waals surface area (Å²) in [5, 5.41) is 5.07. The van der Waals surface area contributed by atoms with Gasteiger partial charge in [-0.1, -0.05) is 140 Å². The van der Waals surface area contributed by atoms with Crippen LogP contribution in [-0.2, 0) is 0 Å². The summed E-state index contributed by atoms with van der Waals surface area (Å²) in [5.74, 6) is 0. The molecule has 0 atom stereocenters. The van der Waals surface area contributed by atoms with E-state index in [-0.39, 0.29) is 0 Å². The molecule has 0 unspecified atom stereocenters. The van der Waals surface area contributed by atoms with Gasteiger partial charge in [0.15, 0.2) is 0 Å². The van der Waals surface area contributed by atoms with E-state index in [1.54, 1.807) is 0 Å². The minimum absolute atomic E-state index is 1.11. The van der Waals surface area contributed by atoms with Gasteiger partial charge >= 0.3 is 0 Å². The summed E-state index contributed by atoms with van der Waals surface area (Å²) < 4.78 is 2.61. The molecule has 9 rings (SSSR count). The molecule has 9 aromatic rings. The van der Waals surface area contributed by atoms with Gasteiger partial charge in [0.2, 0.25) is 0 Å². The van der Waals surface area contributed by atoms with Gasteiger partial charge < -0.3 is 4.90 Å². The predicted octanol–water partition coefficient (Wildman–Crippen LogP) is 13.7. The Labute approximate surface area is 284 Å². The third-order valence-corrected chi connectivity index (χ3v) is 10.4. The van der Waals surface area contributed by atoms with E-state index in [2.05, 4.69) is 193 Å². The van der Waals surface area contributed by atoms with Gasteiger partial charge in [-0.15, -0.1) is 11.3 Å². The van der Waals surface area contributed by atoms with E-state index in [1.165, 1.54) is 64.3 Å². The SMILES string of the molecule is c1ccc(-c2ccc(N(c3ccc4sc5ccccc5c4c3)c3cc(-c4ccc5ccccc5c4)ccc3-c3ccccc3)cc2)cc1. The van der Waals surface area contributed by atoms with Crippen molar-refractivity contribution in [2.24, 2.45) is 0 Å². The number of rotatable bonds is 6. The highest BCUT2D eigenvalue weighted by atomic mass is 32.1. The number of anilines is 3. The number of nitrogens with zero attached hydrogens (tertiary/aromatic N) is 1. The molecule has 0 spiro atoms. The minimum atomic E-state index is 1.11. The standard InChI is InChI=1S/C46H31NS/c1-3-11-32(12-4-1)34-21-24-39(25-22-34)47(40-26-28-46-43(31-40)42-17-9-10-18-45(42)48-46)44-30-38(23-27-41(44)35-14-5-2-6-15-35)37-20-19-33-13-7-8-16-36(33)29-37/h1-31H. The zero-order valence-corrected chi connectivity index (χ0v) is 27.1. The van der Waals surface area contributed by atoms with E-state index >= 15 is 0 Å². The molecule has 1 nitrogen and oxygen atoms in total. The van der Waals surface area contributed by atoms with Crippen LogP contribution in [0.3, 0.4) is 0 Å². The molecule has 0 aliphatic heterocycles. The van der Waals surface area contributed by atoms with Gasteiger partial charge in [0.25, 0.3) is 0 Å². The molecule has 0 fully saturated rings. The van der Waals surface area contributed by atoms with Crippen LogP contribution >= 0.6 is 11.3 Å². The molecule has 0 amide bonds. The van der Waals surface area contributed by atoms with Crippen molar-refractivity contribution in [3.8, 4) is 33.4 Å². The highest BCUT2D eigenvalue weighted by Gasteiger charge is 2.20. The quantitative estimate of drug-likeness (QED) is 0.177. The first kappa shape index (κ1) is 28.3. The Kier molecular flexibility index (Phi) is 7.07. The third-order valence-electron chi connectivity index (χ3n) is 9.26. The van der Waals surface area contributed by atoms with Crippen molar-refractivity contribution in [2.45, 2.75) is 0 Å². The molecule has 2 heteroatoms. The van der Waals surface area contributed by atoms with Crippen LogP contribution in [0.5, 0.6) is 0 Å². The summed E-state index contributed by atoms with van der Waals surface area (Å²) in [7, 11) is 0. The van der Waals surface area contributed by atoms with Crippen LogP contribution in [0, 0.1) is 0 Å². The molecular formula is C46H31NS. The topological polar surface area (TPSA) is 3.24 Å². The summed E-state index contributed by atoms with van der Waals surface area (Å²) in [6.45, 7) is 0. The van der Waals surface area contributed by atoms with E-state index in [0.717, 1.165) is 17.1 Å². The average Bonchev–Trinajstić information content (AvgIpc) is 3.54. The zero-order valence-electron chi connectivity index (χ0n) is 26.3. The second-order valence-corrected chi connectivity index (χ2v) is 13.3. The smallest absolute Gasteiger partial charge is 0.0546 e.